The fourth-order valence-electron chi connectivity index (χ4n) is 2.38. The summed E-state index contributed by atoms with van der Waals surface area (Å²) in [5.74, 6) is 0.955. The maximum atomic E-state index is 6.00. The molecule has 0 radical (unpaired) electrons. The van der Waals surface area contributed by atoms with Crippen LogP contribution < -0.4 is 5.32 Å². The van der Waals surface area contributed by atoms with Gasteiger partial charge >= 0.3 is 0 Å². The van der Waals surface area contributed by atoms with Crippen LogP contribution in [0.1, 0.15) is 31.2 Å². The van der Waals surface area contributed by atoms with E-state index in [2.05, 4.69) is 24.5 Å². The van der Waals surface area contributed by atoms with Crippen molar-refractivity contribution in [3.05, 3.63) is 34.9 Å². The van der Waals surface area contributed by atoms with Crippen LogP contribution in [0.25, 0.3) is 0 Å². The van der Waals surface area contributed by atoms with Crippen molar-refractivity contribution in [3.63, 3.8) is 0 Å². The number of hydrogen-bond acceptors (Lipinski definition) is 1. The van der Waals surface area contributed by atoms with Gasteiger partial charge in [-0.1, -0.05) is 43.0 Å². The molecule has 0 saturated heterocycles. The van der Waals surface area contributed by atoms with Gasteiger partial charge in [-0.3, -0.25) is 0 Å². The van der Waals surface area contributed by atoms with Gasteiger partial charge in [0.2, 0.25) is 0 Å². The van der Waals surface area contributed by atoms with Crippen LogP contribution in [0.3, 0.4) is 0 Å². The lowest BCUT2D eigenvalue weighted by Crippen LogP contribution is -2.31. The summed E-state index contributed by atoms with van der Waals surface area (Å²) in [6, 6.07) is 8.81. The highest BCUT2D eigenvalue weighted by Gasteiger charge is 2.21. The van der Waals surface area contributed by atoms with Crippen LogP contribution in [0, 0.1) is 5.92 Å². The molecule has 1 aliphatic rings. The van der Waals surface area contributed by atoms with Crippen LogP contribution in [0.4, 0.5) is 0 Å². The lowest BCUT2D eigenvalue weighted by molar-refractivity contribution is 0.263. The largest absolute Gasteiger partial charge is 0.317 e. The summed E-state index contributed by atoms with van der Waals surface area (Å²) in [7, 11) is 2.06. The Morgan fingerprint density at radius 1 is 1.44 bits per heavy atom. The molecule has 1 nitrogen and oxygen atoms in total. The Morgan fingerprint density at radius 2 is 2.25 bits per heavy atom. The first-order valence-corrected chi connectivity index (χ1v) is 6.57. The number of halogens is 1. The van der Waals surface area contributed by atoms with Crippen LogP contribution in [-0.2, 0) is 6.42 Å². The number of likely N-dealkylation sites (N-methyl/N-ethyl adjacent to an activating group) is 1. The van der Waals surface area contributed by atoms with Crippen molar-refractivity contribution in [2.45, 2.75) is 38.1 Å². The fraction of sp³-hybridized carbons (Fsp3) is 0.571. The molecule has 1 N–H and O–H groups in total. The standard InChI is InChI=1S/C14H20ClN/c1-16-14(9-11-4-2-5-11)10-12-6-3-7-13(15)8-12/h3,6-8,11,14,16H,2,4-5,9-10H2,1H3. The summed E-state index contributed by atoms with van der Waals surface area (Å²) >= 11 is 6.00. The van der Waals surface area contributed by atoms with Crippen molar-refractivity contribution in [2.24, 2.45) is 5.92 Å². The monoisotopic (exact) mass is 237 g/mol. The molecule has 1 atom stereocenters. The molecule has 1 aromatic carbocycles. The van der Waals surface area contributed by atoms with Gasteiger partial charge in [0.15, 0.2) is 0 Å². The summed E-state index contributed by atoms with van der Waals surface area (Å²) in [6.07, 6.45) is 6.68. The molecule has 1 aromatic rings. The summed E-state index contributed by atoms with van der Waals surface area (Å²) < 4.78 is 0. The van der Waals surface area contributed by atoms with Crippen molar-refractivity contribution in [2.75, 3.05) is 7.05 Å². The SMILES string of the molecule is CNC(Cc1cccc(Cl)c1)CC1CCC1. The molecular weight excluding hydrogens is 218 g/mol. The minimum Gasteiger partial charge on any atom is -0.317 e. The second-order valence-corrected chi connectivity index (χ2v) is 5.29. The first kappa shape index (κ1) is 11.9. The third kappa shape index (κ3) is 3.23. The van der Waals surface area contributed by atoms with Crippen molar-refractivity contribution < 1.29 is 0 Å². The quantitative estimate of drug-likeness (QED) is 0.824. The second kappa shape index (κ2) is 5.70. The number of nitrogens with one attached hydrogen (secondary N) is 1. The van der Waals surface area contributed by atoms with Gasteiger partial charge in [0.25, 0.3) is 0 Å². The predicted molar refractivity (Wildman–Crippen MR) is 70.0 cm³/mol. The smallest absolute Gasteiger partial charge is 0.0408 e. The molecule has 2 rings (SSSR count). The zero-order valence-electron chi connectivity index (χ0n) is 9.88. The first-order chi connectivity index (χ1) is 7.78. The molecule has 0 aliphatic heterocycles. The molecule has 0 spiro atoms. The average Bonchev–Trinajstić information content (AvgIpc) is 2.21. The maximum absolute atomic E-state index is 6.00. The van der Waals surface area contributed by atoms with Crippen LogP contribution in [0.2, 0.25) is 5.02 Å². The van der Waals surface area contributed by atoms with Crippen molar-refractivity contribution in [1.29, 1.82) is 0 Å². The molecule has 2 heteroatoms. The Hall–Kier alpha value is -0.530. The summed E-state index contributed by atoms with van der Waals surface area (Å²) in [4.78, 5) is 0. The van der Waals surface area contributed by atoms with Gasteiger partial charge in [0, 0.05) is 11.1 Å². The van der Waals surface area contributed by atoms with E-state index in [-0.39, 0.29) is 0 Å². The average molecular weight is 238 g/mol. The molecule has 0 heterocycles. The number of rotatable bonds is 5. The Bertz CT molecular complexity index is 333. The van der Waals surface area contributed by atoms with Gasteiger partial charge < -0.3 is 5.32 Å². The summed E-state index contributed by atoms with van der Waals surface area (Å²) in [6.45, 7) is 0. The molecule has 1 aliphatic carbocycles. The van der Waals surface area contributed by atoms with Crippen LogP contribution in [-0.4, -0.2) is 13.1 Å². The lowest BCUT2D eigenvalue weighted by atomic mass is 9.80. The minimum atomic E-state index is 0.601. The van der Waals surface area contributed by atoms with Gasteiger partial charge in [0.1, 0.15) is 0 Å². The van der Waals surface area contributed by atoms with Crippen LogP contribution in [0.15, 0.2) is 24.3 Å². The molecule has 0 bridgehead atoms. The first-order valence-electron chi connectivity index (χ1n) is 6.19. The second-order valence-electron chi connectivity index (χ2n) is 4.85. The Labute approximate surface area is 103 Å². The van der Waals surface area contributed by atoms with Gasteiger partial charge in [-0.2, -0.15) is 0 Å². The van der Waals surface area contributed by atoms with Gasteiger partial charge in [-0.25, -0.2) is 0 Å². The molecular formula is C14H20ClN. The molecule has 16 heavy (non-hydrogen) atoms. The Kier molecular flexibility index (Phi) is 4.25. The van der Waals surface area contributed by atoms with E-state index in [1.165, 1.54) is 31.2 Å². The topological polar surface area (TPSA) is 12.0 Å². The van der Waals surface area contributed by atoms with E-state index in [4.69, 9.17) is 11.6 Å². The van der Waals surface area contributed by atoms with E-state index >= 15 is 0 Å². The fourth-order valence-corrected chi connectivity index (χ4v) is 2.60. The third-order valence-electron chi connectivity index (χ3n) is 3.62. The predicted octanol–water partition coefficient (Wildman–Crippen LogP) is 3.66. The minimum absolute atomic E-state index is 0.601. The normalized spacial score (nSPS) is 18.1. The van der Waals surface area contributed by atoms with Crippen molar-refractivity contribution in [1.82, 2.24) is 5.32 Å². The zero-order chi connectivity index (χ0) is 11.4. The summed E-state index contributed by atoms with van der Waals surface area (Å²) in [5, 5.41) is 4.27. The molecule has 1 fully saturated rings. The third-order valence-corrected chi connectivity index (χ3v) is 3.86. The van der Waals surface area contributed by atoms with E-state index in [1.807, 2.05) is 12.1 Å². The Morgan fingerprint density at radius 3 is 2.81 bits per heavy atom. The lowest BCUT2D eigenvalue weighted by Gasteiger charge is -2.29. The van der Waals surface area contributed by atoms with E-state index in [0.717, 1.165) is 17.4 Å². The maximum Gasteiger partial charge on any atom is 0.0408 e. The highest BCUT2D eigenvalue weighted by Crippen LogP contribution is 2.31. The van der Waals surface area contributed by atoms with Gasteiger partial charge in [-0.15, -0.1) is 0 Å². The Balaban J connectivity index is 1.89. The van der Waals surface area contributed by atoms with Crippen molar-refractivity contribution in [3.8, 4) is 0 Å². The molecule has 0 amide bonds. The van der Waals surface area contributed by atoms with E-state index < -0.39 is 0 Å². The molecule has 1 saturated carbocycles. The highest BCUT2D eigenvalue weighted by molar-refractivity contribution is 6.30. The zero-order valence-corrected chi connectivity index (χ0v) is 10.6. The van der Waals surface area contributed by atoms with Crippen molar-refractivity contribution >= 4 is 11.6 Å². The van der Waals surface area contributed by atoms with Crippen LogP contribution in [0.5, 0.6) is 0 Å². The summed E-state index contributed by atoms with van der Waals surface area (Å²) in [5.41, 5.74) is 1.34. The van der Waals surface area contributed by atoms with Gasteiger partial charge in [-0.05, 0) is 43.5 Å². The molecule has 0 aromatic heterocycles. The van der Waals surface area contributed by atoms with Crippen LogP contribution >= 0.6 is 11.6 Å². The van der Waals surface area contributed by atoms with E-state index in [0.29, 0.717) is 6.04 Å². The molecule has 88 valence electrons. The number of hydrogen-bond donors (Lipinski definition) is 1. The van der Waals surface area contributed by atoms with E-state index in [9.17, 15) is 0 Å². The number of benzene rings is 1. The highest BCUT2D eigenvalue weighted by atomic mass is 35.5. The van der Waals surface area contributed by atoms with E-state index in [1.54, 1.807) is 0 Å². The van der Waals surface area contributed by atoms with Gasteiger partial charge in [0.05, 0.1) is 0 Å². The molecule has 1 unspecified atom stereocenters.